The van der Waals surface area contributed by atoms with Crippen LogP contribution in [0, 0.1) is 13.8 Å². The lowest BCUT2D eigenvalue weighted by atomic mass is 10.1. The van der Waals surface area contributed by atoms with Gasteiger partial charge in [0.15, 0.2) is 5.17 Å². The number of halogens is 1. The van der Waals surface area contributed by atoms with Gasteiger partial charge in [0.2, 0.25) is 0 Å². The Morgan fingerprint density at radius 3 is 2.28 bits per heavy atom. The molecule has 1 aliphatic rings. The molecule has 6 heteroatoms. The number of hydrogen-bond acceptors (Lipinski definition) is 3. The van der Waals surface area contributed by atoms with Crippen LogP contribution >= 0.6 is 23.4 Å². The number of carbonyl (C=O) groups is 1. The quantitative estimate of drug-likeness (QED) is 0.206. The lowest BCUT2D eigenvalue weighted by Crippen LogP contribution is -2.28. The first-order valence-corrected chi connectivity index (χ1v) is 13.9. The summed E-state index contributed by atoms with van der Waals surface area (Å²) in [5.41, 5.74) is 7.11. The summed E-state index contributed by atoms with van der Waals surface area (Å²) in [6, 6.07) is 32.0. The van der Waals surface area contributed by atoms with Gasteiger partial charge >= 0.3 is 0 Å². The fraction of sp³-hybridized carbons (Fsp3) is 0.0909. The van der Waals surface area contributed by atoms with Crippen LogP contribution in [0.4, 0.5) is 11.4 Å². The van der Waals surface area contributed by atoms with Crippen molar-refractivity contribution >= 4 is 62.8 Å². The Labute approximate surface area is 237 Å². The topological polar surface area (TPSA) is 37.6 Å². The molecule has 0 atom stereocenters. The number of amides is 1. The van der Waals surface area contributed by atoms with Crippen molar-refractivity contribution in [1.82, 2.24) is 4.57 Å². The van der Waals surface area contributed by atoms with E-state index in [1.807, 2.05) is 105 Å². The highest BCUT2D eigenvalue weighted by Gasteiger charge is 2.35. The minimum absolute atomic E-state index is 0.0780. The summed E-state index contributed by atoms with van der Waals surface area (Å²) in [7, 11) is 0. The fourth-order valence-corrected chi connectivity index (χ4v) is 5.98. The third-order valence-electron chi connectivity index (χ3n) is 6.84. The van der Waals surface area contributed by atoms with Crippen molar-refractivity contribution in [1.29, 1.82) is 0 Å². The van der Waals surface area contributed by atoms with E-state index in [1.54, 1.807) is 4.90 Å². The van der Waals surface area contributed by atoms with E-state index in [4.69, 9.17) is 16.6 Å². The van der Waals surface area contributed by atoms with Crippen LogP contribution in [0.5, 0.6) is 0 Å². The number of anilines is 1. The molecule has 1 saturated heterocycles. The van der Waals surface area contributed by atoms with E-state index < -0.39 is 0 Å². The highest BCUT2D eigenvalue weighted by Crippen LogP contribution is 2.39. The molecule has 0 aliphatic carbocycles. The number of hydrogen-bond donors (Lipinski definition) is 0. The van der Waals surface area contributed by atoms with Crippen LogP contribution in [0.15, 0.2) is 113 Å². The maximum Gasteiger partial charge on any atom is 0.271 e. The number of fused-ring (bicyclic) bond motifs is 1. The van der Waals surface area contributed by atoms with Gasteiger partial charge in [-0.25, -0.2) is 4.99 Å². The molecular weight excluding hydrogens is 522 g/mol. The lowest BCUT2D eigenvalue weighted by molar-refractivity contribution is -0.113. The van der Waals surface area contributed by atoms with E-state index in [-0.39, 0.29) is 5.91 Å². The standard InChI is InChI=1S/C33H26ClN3OS/c1-22-9-8-10-23(2)31(22)35-33-37(27-11-4-3-5-12-27)32(38)30(39-33)19-25-21-36(29-14-7-6-13-28(25)29)20-24-15-17-26(34)18-16-24/h3-19,21H,20H2,1-2H3/b30-19-,35-33?. The molecule has 1 amide bonds. The summed E-state index contributed by atoms with van der Waals surface area (Å²) < 4.78 is 2.22. The van der Waals surface area contributed by atoms with Crippen LogP contribution < -0.4 is 4.90 Å². The first-order chi connectivity index (χ1) is 19.0. The average molecular weight is 548 g/mol. The maximum absolute atomic E-state index is 13.9. The minimum atomic E-state index is -0.0780. The second-order valence-corrected chi connectivity index (χ2v) is 11.0. The zero-order chi connectivity index (χ0) is 26.9. The molecule has 0 unspecified atom stereocenters. The van der Waals surface area contributed by atoms with Crippen molar-refractivity contribution in [3.05, 3.63) is 135 Å². The number of aliphatic imine (C=N–C) groups is 1. The molecule has 1 aromatic heterocycles. The maximum atomic E-state index is 13.9. The van der Waals surface area contributed by atoms with Crippen LogP contribution in [0.3, 0.4) is 0 Å². The number of benzene rings is 4. The summed E-state index contributed by atoms with van der Waals surface area (Å²) in [5.74, 6) is -0.0780. The third kappa shape index (κ3) is 5.03. The Morgan fingerprint density at radius 2 is 1.54 bits per heavy atom. The van der Waals surface area contributed by atoms with Crippen molar-refractivity contribution in [3.63, 3.8) is 0 Å². The minimum Gasteiger partial charge on any atom is -0.342 e. The fourth-order valence-electron chi connectivity index (χ4n) is 4.88. The van der Waals surface area contributed by atoms with Crippen LogP contribution in [0.2, 0.25) is 5.02 Å². The van der Waals surface area contributed by atoms with Crippen LogP contribution in [-0.4, -0.2) is 15.6 Å². The molecule has 0 saturated carbocycles. The molecule has 0 N–H and O–H groups in total. The van der Waals surface area contributed by atoms with Gasteiger partial charge in [0.05, 0.1) is 16.3 Å². The van der Waals surface area contributed by atoms with E-state index in [2.05, 4.69) is 22.9 Å². The van der Waals surface area contributed by atoms with Crippen molar-refractivity contribution in [3.8, 4) is 0 Å². The van der Waals surface area contributed by atoms with E-state index in [0.29, 0.717) is 16.6 Å². The van der Waals surface area contributed by atoms with Gasteiger partial charge in [-0.1, -0.05) is 78.3 Å². The van der Waals surface area contributed by atoms with E-state index in [1.165, 1.54) is 11.8 Å². The van der Waals surface area contributed by atoms with Crippen molar-refractivity contribution < 1.29 is 4.79 Å². The molecule has 0 bridgehead atoms. The highest BCUT2D eigenvalue weighted by atomic mass is 35.5. The zero-order valence-corrected chi connectivity index (χ0v) is 23.2. The number of aromatic nitrogens is 1. The molecule has 192 valence electrons. The molecule has 0 spiro atoms. The van der Waals surface area contributed by atoms with Crippen LogP contribution in [-0.2, 0) is 11.3 Å². The van der Waals surface area contributed by atoms with Gasteiger partial charge < -0.3 is 4.57 Å². The predicted octanol–water partition coefficient (Wildman–Crippen LogP) is 8.77. The molecular formula is C33H26ClN3OS. The van der Waals surface area contributed by atoms with Gasteiger partial charge in [0.25, 0.3) is 5.91 Å². The van der Waals surface area contributed by atoms with Crippen molar-refractivity contribution in [2.45, 2.75) is 20.4 Å². The highest BCUT2D eigenvalue weighted by molar-refractivity contribution is 8.19. The molecule has 5 aromatic rings. The third-order valence-corrected chi connectivity index (χ3v) is 8.06. The Balaban J connectivity index is 1.43. The van der Waals surface area contributed by atoms with E-state index in [9.17, 15) is 4.79 Å². The number of rotatable bonds is 5. The van der Waals surface area contributed by atoms with Crippen LogP contribution in [0.1, 0.15) is 22.3 Å². The first kappa shape index (κ1) is 25.2. The van der Waals surface area contributed by atoms with Gasteiger partial charge in [-0.15, -0.1) is 0 Å². The number of para-hydroxylation sites is 3. The Morgan fingerprint density at radius 1 is 0.846 bits per heavy atom. The summed E-state index contributed by atoms with van der Waals surface area (Å²) >= 11 is 7.51. The number of aryl methyl sites for hydroxylation is 2. The SMILES string of the molecule is Cc1cccc(C)c1N=C1S/C(=C\c2cn(Cc3ccc(Cl)cc3)c3ccccc23)C(=O)N1c1ccccc1. The molecule has 0 radical (unpaired) electrons. The summed E-state index contributed by atoms with van der Waals surface area (Å²) in [5, 5.41) is 2.47. The Hall–Kier alpha value is -4.06. The number of carbonyl (C=O) groups excluding carboxylic acids is 1. The monoisotopic (exact) mass is 547 g/mol. The second kappa shape index (κ2) is 10.6. The molecule has 1 fully saturated rings. The van der Waals surface area contributed by atoms with Gasteiger partial charge in [-0.05, 0) is 78.7 Å². The normalized spacial score (nSPS) is 15.7. The second-order valence-electron chi connectivity index (χ2n) is 9.58. The summed E-state index contributed by atoms with van der Waals surface area (Å²) in [6.45, 7) is 4.80. The smallest absolute Gasteiger partial charge is 0.271 e. The molecule has 4 nitrogen and oxygen atoms in total. The summed E-state index contributed by atoms with van der Waals surface area (Å²) in [6.07, 6.45) is 4.12. The van der Waals surface area contributed by atoms with Gasteiger partial charge in [0.1, 0.15) is 0 Å². The van der Waals surface area contributed by atoms with Gasteiger partial charge in [0, 0.05) is 34.2 Å². The zero-order valence-electron chi connectivity index (χ0n) is 21.6. The van der Waals surface area contributed by atoms with Gasteiger partial charge in [-0.3, -0.25) is 9.69 Å². The van der Waals surface area contributed by atoms with E-state index >= 15 is 0 Å². The van der Waals surface area contributed by atoms with Crippen molar-refractivity contribution in [2.75, 3.05) is 4.90 Å². The Kier molecular flexibility index (Phi) is 6.86. The van der Waals surface area contributed by atoms with E-state index in [0.717, 1.165) is 49.6 Å². The van der Waals surface area contributed by atoms with Gasteiger partial charge in [-0.2, -0.15) is 0 Å². The average Bonchev–Trinajstić information content (AvgIpc) is 3.44. The lowest BCUT2D eigenvalue weighted by Gasteiger charge is -2.16. The molecule has 4 aromatic carbocycles. The molecule has 2 heterocycles. The molecule has 39 heavy (non-hydrogen) atoms. The molecule has 1 aliphatic heterocycles. The van der Waals surface area contributed by atoms with Crippen molar-refractivity contribution in [2.24, 2.45) is 4.99 Å². The largest absolute Gasteiger partial charge is 0.342 e. The number of amidine groups is 1. The number of nitrogens with zero attached hydrogens (tertiary/aromatic N) is 3. The predicted molar refractivity (Wildman–Crippen MR) is 165 cm³/mol. The summed E-state index contributed by atoms with van der Waals surface area (Å²) in [4.78, 5) is 21.3. The van der Waals surface area contributed by atoms with Crippen LogP contribution in [0.25, 0.3) is 17.0 Å². The number of thioether (sulfide) groups is 1. The first-order valence-electron chi connectivity index (χ1n) is 12.7. The Bertz CT molecular complexity index is 1730. The molecule has 6 rings (SSSR count).